The zero-order chi connectivity index (χ0) is 10.6. The lowest BCUT2D eigenvalue weighted by Crippen LogP contribution is -1.95. The van der Waals surface area contributed by atoms with Crippen LogP contribution < -0.4 is 0 Å². The van der Waals surface area contributed by atoms with E-state index in [1.165, 1.54) is 4.90 Å². The summed E-state index contributed by atoms with van der Waals surface area (Å²) in [7, 11) is 0. The highest BCUT2D eigenvalue weighted by Crippen LogP contribution is 2.20. The van der Waals surface area contributed by atoms with Crippen LogP contribution in [0, 0.1) is 5.92 Å². The summed E-state index contributed by atoms with van der Waals surface area (Å²) in [5.74, 6) is 1.80. The van der Waals surface area contributed by atoms with Crippen molar-refractivity contribution >= 4 is 11.8 Å². The molecule has 1 heterocycles. The van der Waals surface area contributed by atoms with Crippen molar-refractivity contribution in [3.8, 4) is 0 Å². The highest BCUT2D eigenvalue weighted by Gasteiger charge is 2.02. The first-order valence-corrected chi connectivity index (χ1v) is 5.85. The van der Waals surface area contributed by atoms with Gasteiger partial charge in [-0.2, -0.15) is 0 Å². The Morgan fingerprint density at radius 3 is 2.50 bits per heavy atom. The summed E-state index contributed by atoms with van der Waals surface area (Å²) in [6.45, 7) is 6.12. The van der Waals surface area contributed by atoms with E-state index in [9.17, 15) is 5.11 Å². The summed E-state index contributed by atoms with van der Waals surface area (Å²) in [6, 6.07) is 3.90. The predicted molar refractivity (Wildman–Crippen MR) is 60.4 cm³/mol. The van der Waals surface area contributed by atoms with E-state index < -0.39 is 6.10 Å². The second-order valence-electron chi connectivity index (χ2n) is 3.80. The van der Waals surface area contributed by atoms with Gasteiger partial charge in [-0.25, -0.2) is 0 Å². The molecule has 3 heteroatoms. The van der Waals surface area contributed by atoms with Gasteiger partial charge in [0, 0.05) is 16.8 Å². The predicted octanol–water partition coefficient (Wildman–Crippen LogP) is 2.88. The second-order valence-corrected chi connectivity index (χ2v) is 4.89. The number of hydrogen-bond acceptors (Lipinski definition) is 3. The van der Waals surface area contributed by atoms with Crippen LogP contribution in [0.4, 0.5) is 0 Å². The van der Waals surface area contributed by atoms with Crippen LogP contribution in [0.2, 0.25) is 0 Å². The Labute approximate surface area is 89.8 Å². The fourth-order valence-corrected chi connectivity index (χ4v) is 1.80. The highest BCUT2D eigenvalue weighted by atomic mass is 32.2. The molecular formula is C11H17NOS. The maximum atomic E-state index is 9.26. The molecule has 1 rings (SSSR count). The van der Waals surface area contributed by atoms with Crippen molar-refractivity contribution in [2.75, 3.05) is 5.75 Å². The summed E-state index contributed by atoms with van der Waals surface area (Å²) < 4.78 is 0. The van der Waals surface area contributed by atoms with Crippen LogP contribution in [0.3, 0.4) is 0 Å². The van der Waals surface area contributed by atoms with E-state index in [1.54, 1.807) is 18.7 Å². The van der Waals surface area contributed by atoms with Gasteiger partial charge in [0.2, 0.25) is 0 Å². The number of aromatic nitrogens is 1. The molecule has 0 radical (unpaired) electrons. The first-order chi connectivity index (χ1) is 6.59. The van der Waals surface area contributed by atoms with Crippen molar-refractivity contribution in [3.05, 3.63) is 24.0 Å². The van der Waals surface area contributed by atoms with E-state index in [1.807, 2.05) is 18.3 Å². The van der Waals surface area contributed by atoms with Crippen LogP contribution >= 0.6 is 11.8 Å². The third-order valence-electron chi connectivity index (χ3n) is 1.77. The molecule has 1 aromatic heterocycles. The van der Waals surface area contributed by atoms with Crippen LogP contribution in [0.15, 0.2) is 23.2 Å². The highest BCUT2D eigenvalue weighted by molar-refractivity contribution is 7.99. The van der Waals surface area contributed by atoms with Crippen molar-refractivity contribution in [3.63, 3.8) is 0 Å². The van der Waals surface area contributed by atoms with Gasteiger partial charge in [0.25, 0.3) is 0 Å². The molecule has 0 amide bonds. The number of rotatable bonds is 4. The minimum absolute atomic E-state index is 0.473. The molecule has 1 aromatic rings. The molecule has 1 atom stereocenters. The molecule has 78 valence electrons. The average molecular weight is 211 g/mol. The Kier molecular flexibility index (Phi) is 4.42. The molecule has 2 nitrogen and oxygen atoms in total. The van der Waals surface area contributed by atoms with Crippen molar-refractivity contribution in [1.29, 1.82) is 0 Å². The SMILES string of the molecule is CC(C)CSc1ccc([C@@H](C)O)nc1. The Morgan fingerprint density at radius 2 is 2.07 bits per heavy atom. The van der Waals surface area contributed by atoms with Gasteiger partial charge in [-0.15, -0.1) is 11.8 Å². The first kappa shape index (κ1) is 11.5. The van der Waals surface area contributed by atoms with E-state index in [0.717, 1.165) is 11.4 Å². The van der Waals surface area contributed by atoms with Crippen LogP contribution in [-0.2, 0) is 0 Å². The Morgan fingerprint density at radius 1 is 1.36 bits per heavy atom. The minimum Gasteiger partial charge on any atom is -0.387 e. The summed E-state index contributed by atoms with van der Waals surface area (Å²) in [5.41, 5.74) is 0.735. The number of nitrogens with zero attached hydrogens (tertiary/aromatic N) is 1. The topological polar surface area (TPSA) is 33.1 Å². The maximum Gasteiger partial charge on any atom is 0.0931 e. The molecular weight excluding hydrogens is 194 g/mol. The van der Waals surface area contributed by atoms with E-state index in [2.05, 4.69) is 18.8 Å². The zero-order valence-corrected chi connectivity index (χ0v) is 9.71. The maximum absolute atomic E-state index is 9.26. The summed E-state index contributed by atoms with van der Waals surface area (Å²) in [4.78, 5) is 5.35. The molecule has 0 aliphatic rings. The number of aliphatic hydroxyl groups is 1. The first-order valence-electron chi connectivity index (χ1n) is 4.86. The molecule has 0 saturated carbocycles. The number of thioether (sulfide) groups is 1. The van der Waals surface area contributed by atoms with Crippen LogP contribution in [0.5, 0.6) is 0 Å². The van der Waals surface area contributed by atoms with Gasteiger partial charge in [0.1, 0.15) is 0 Å². The smallest absolute Gasteiger partial charge is 0.0931 e. The number of aliphatic hydroxyl groups excluding tert-OH is 1. The lowest BCUT2D eigenvalue weighted by molar-refractivity contribution is 0.194. The van der Waals surface area contributed by atoms with Crippen molar-refractivity contribution in [2.24, 2.45) is 5.92 Å². The van der Waals surface area contributed by atoms with Gasteiger partial charge in [0.15, 0.2) is 0 Å². The lowest BCUT2D eigenvalue weighted by atomic mass is 10.2. The molecule has 0 bridgehead atoms. The van der Waals surface area contributed by atoms with Gasteiger partial charge in [-0.05, 0) is 25.0 Å². The summed E-state index contributed by atoms with van der Waals surface area (Å²) in [6.07, 6.45) is 1.36. The molecule has 0 fully saturated rings. The molecule has 14 heavy (non-hydrogen) atoms. The van der Waals surface area contributed by atoms with Crippen LogP contribution in [0.25, 0.3) is 0 Å². The Bertz CT molecular complexity index is 269. The normalized spacial score (nSPS) is 13.2. The summed E-state index contributed by atoms with van der Waals surface area (Å²) in [5, 5.41) is 9.26. The van der Waals surface area contributed by atoms with Gasteiger partial charge < -0.3 is 5.11 Å². The van der Waals surface area contributed by atoms with Gasteiger partial charge in [-0.1, -0.05) is 13.8 Å². The van der Waals surface area contributed by atoms with Gasteiger partial charge >= 0.3 is 0 Å². The quantitative estimate of drug-likeness (QED) is 0.777. The average Bonchev–Trinajstić information content (AvgIpc) is 2.15. The molecule has 0 aromatic carbocycles. The third-order valence-corrected chi connectivity index (χ3v) is 3.18. The standard InChI is InChI=1S/C11H17NOS/c1-8(2)7-14-10-4-5-11(9(3)13)12-6-10/h4-6,8-9,13H,7H2,1-3H3/t9-/m1/s1. The van der Waals surface area contributed by atoms with E-state index in [-0.39, 0.29) is 0 Å². The van der Waals surface area contributed by atoms with Crippen molar-refractivity contribution < 1.29 is 5.11 Å². The monoisotopic (exact) mass is 211 g/mol. The fraction of sp³-hybridized carbons (Fsp3) is 0.545. The van der Waals surface area contributed by atoms with Crippen LogP contribution in [-0.4, -0.2) is 15.8 Å². The Balaban J connectivity index is 2.55. The van der Waals surface area contributed by atoms with Crippen molar-refractivity contribution in [1.82, 2.24) is 4.98 Å². The van der Waals surface area contributed by atoms with Crippen molar-refractivity contribution in [2.45, 2.75) is 31.8 Å². The molecule has 0 spiro atoms. The van der Waals surface area contributed by atoms with Crippen LogP contribution in [0.1, 0.15) is 32.6 Å². The Hall–Kier alpha value is -0.540. The number of pyridine rings is 1. The van der Waals surface area contributed by atoms with E-state index >= 15 is 0 Å². The zero-order valence-electron chi connectivity index (χ0n) is 8.90. The molecule has 0 saturated heterocycles. The largest absolute Gasteiger partial charge is 0.387 e. The summed E-state index contributed by atoms with van der Waals surface area (Å²) >= 11 is 1.80. The fourth-order valence-electron chi connectivity index (χ4n) is 0.987. The molecule has 0 unspecified atom stereocenters. The molecule has 0 aliphatic carbocycles. The lowest BCUT2D eigenvalue weighted by Gasteiger charge is -2.06. The molecule has 0 aliphatic heterocycles. The van der Waals surface area contributed by atoms with E-state index in [4.69, 9.17) is 0 Å². The third kappa shape index (κ3) is 3.68. The molecule has 1 N–H and O–H groups in total. The second kappa shape index (κ2) is 5.37. The van der Waals surface area contributed by atoms with Gasteiger partial charge in [-0.3, -0.25) is 4.98 Å². The number of hydrogen-bond donors (Lipinski definition) is 1. The minimum atomic E-state index is -0.473. The van der Waals surface area contributed by atoms with E-state index in [0.29, 0.717) is 5.92 Å². The van der Waals surface area contributed by atoms with Gasteiger partial charge in [0.05, 0.1) is 11.8 Å².